The summed E-state index contributed by atoms with van der Waals surface area (Å²) in [6, 6.07) is 0. The van der Waals surface area contributed by atoms with Crippen LogP contribution in [0, 0.1) is 0 Å². The molecule has 1 aromatic rings. The van der Waals surface area contributed by atoms with Crippen molar-refractivity contribution in [3.8, 4) is 0 Å². The molecule has 0 bridgehead atoms. The van der Waals surface area contributed by atoms with Crippen molar-refractivity contribution in [3.63, 3.8) is 0 Å². The molecule has 0 amide bonds. The van der Waals surface area contributed by atoms with E-state index in [4.69, 9.17) is 0 Å². The van der Waals surface area contributed by atoms with Crippen molar-refractivity contribution in [1.82, 2.24) is 9.97 Å². The smallest absolute Gasteiger partial charge is 1.00 e. The minimum atomic E-state index is 0. The molecule has 4 heteroatoms. The monoisotopic (exact) mass is 130 g/mol. The van der Waals surface area contributed by atoms with E-state index in [1.807, 2.05) is 0 Å². The molecule has 38 valence electrons. The van der Waals surface area contributed by atoms with Crippen molar-refractivity contribution in [2.75, 3.05) is 0 Å². The van der Waals surface area contributed by atoms with Crippen molar-refractivity contribution >= 4 is 35.5 Å². The Bertz CT molecular complexity index is 76.3. The van der Waals surface area contributed by atoms with Gasteiger partial charge in [-0.15, -0.1) is 12.4 Å². The van der Waals surface area contributed by atoms with Crippen LogP contribution in [0.15, 0.2) is 18.7 Å². The molecular formula is C3H7ClMgN2. The SMILES string of the molecule is Cl.[H-].[H-].[Mg+2].c1c[nH]cn1. The van der Waals surface area contributed by atoms with E-state index in [0.717, 1.165) is 0 Å². The molecule has 0 radical (unpaired) electrons. The maximum atomic E-state index is 3.67. The topological polar surface area (TPSA) is 28.7 Å². The standard InChI is InChI=1S/C3H4N2.ClH.Mg.2H/c1-2-5-3-4-1;;;;/h1-3H,(H,4,5);1H;;;/q;;+2;2*-1. The van der Waals surface area contributed by atoms with E-state index in [-0.39, 0.29) is 38.3 Å². The van der Waals surface area contributed by atoms with Gasteiger partial charge in [-0.2, -0.15) is 0 Å². The third-order valence-corrected chi connectivity index (χ3v) is 0.406. The summed E-state index contributed by atoms with van der Waals surface area (Å²) < 4.78 is 0. The number of hydrogen-bond acceptors (Lipinski definition) is 1. The Morgan fingerprint density at radius 2 is 2.29 bits per heavy atom. The maximum Gasteiger partial charge on any atom is 2.00 e. The number of nitrogens with one attached hydrogen (secondary N) is 1. The number of imidazole rings is 1. The summed E-state index contributed by atoms with van der Waals surface area (Å²) in [6.07, 6.45) is 5.08. The molecule has 1 heterocycles. The van der Waals surface area contributed by atoms with Crippen LogP contribution in [0.25, 0.3) is 0 Å². The van der Waals surface area contributed by atoms with Crippen LogP contribution in [0.5, 0.6) is 0 Å². The van der Waals surface area contributed by atoms with Gasteiger partial charge >= 0.3 is 23.1 Å². The van der Waals surface area contributed by atoms with Crippen LogP contribution in [0.3, 0.4) is 0 Å². The third kappa shape index (κ3) is 4.11. The zero-order chi connectivity index (χ0) is 3.54. The molecule has 1 aromatic heterocycles. The Kier molecular flexibility index (Phi) is 9.21. The van der Waals surface area contributed by atoms with Crippen molar-refractivity contribution in [2.24, 2.45) is 0 Å². The fourth-order valence-corrected chi connectivity index (χ4v) is 0.215. The van der Waals surface area contributed by atoms with E-state index in [1.54, 1.807) is 18.7 Å². The van der Waals surface area contributed by atoms with E-state index in [1.165, 1.54) is 0 Å². The number of H-pyrrole nitrogens is 1. The van der Waals surface area contributed by atoms with Crippen molar-refractivity contribution in [1.29, 1.82) is 0 Å². The molecule has 0 atom stereocenters. The molecule has 0 fully saturated rings. The molecular weight excluding hydrogens is 124 g/mol. The number of aromatic amines is 1. The van der Waals surface area contributed by atoms with Gasteiger partial charge in [-0.3, -0.25) is 0 Å². The van der Waals surface area contributed by atoms with Gasteiger partial charge in [-0.1, -0.05) is 0 Å². The molecule has 0 aliphatic carbocycles. The second kappa shape index (κ2) is 6.27. The molecule has 0 unspecified atom stereocenters. The summed E-state index contributed by atoms with van der Waals surface area (Å²) in [7, 11) is 0. The van der Waals surface area contributed by atoms with Gasteiger partial charge in [0, 0.05) is 12.4 Å². The first-order valence-electron chi connectivity index (χ1n) is 1.43. The number of hydrogen-bond donors (Lipinski definition) is 1. The number of rotatable bonds is 0. The molecule has 0 aromatic carbocycles. The van der Waals surface area contributed by atoms with E-state index < -0.39 is 0 Å². The van der Waals surface area contributed by atoms with Gasteiger partial charge in [0.2, 0.25) is 0 Å². The molecule has 0 saturated carbocycles. The molecule has 1 N–H and O–H groups in total. The molecule has 2 nitrogen and oxygen atoms in total. The van der Waals surface area contributed by atoms with Crippen LogP contribution in [-0.2, 0) is 0 Å². The Balaban J connectivity index is -0.0000000312. The average Bonchev–Trinajstić information content (AvgIpc) is 1.76. The van der Waals surface area contributed by atoms with Crippen molar-refractivity contribution in [3.05, 3.63) is 18.7 Å². The van der Waals surface area contributed by atoms with Gasteiger partial charge in [0.05, 0.1) is 6.33 Å². The summed E-state index contributed by atoms with van der Waals surface area (Å²) in [5.41, 5.74) is 0. The van der Waals surface area contributed by atoms with Crippen LogP contribution >= 0.6 is 12.4 Å². The Labute approximate surface area is 67.3 Å². The quantitative estimate of drug-likeness (QED) is 0.515. The van der Waals surface area contributed by atoms with E-state index in [0.29, 0.717) is 0 Å². The number of nitrogens with zero attached hydrogens (tertiary/aromatic N) is 1. The van der Waals surface area contributed by atoms with E-state index in [2.05, 4.69) is 9.97 Å². The summed E-state index contributed by atoms with van der Waals surface area (Å²) in [6.45, 7) is 0. The fourth-order valence-electron chi connectivity index (χ4n) is 0.215. The molecule has 1 rings (SSSR count). The Morgan fingerprint density at radius 1 is 1.57 bits per heavy atom. The molecule has 7 heavy (non-hydrogen) atoms. The Morgan fingerprint density at radius 3 is 2.43 bits per heavy atom. The zero-order valence-electron chi connectivity index (χ0n) is 5.79. The van der Waals surface area contributed by atoms with Crippen molar-refractivity contribution in [2.45, 2.75) is 0 Å². The first-order chi connectivity index (χ1) is 2.50. The second-order valence-electron chi connectivity index (χ2n) is 0.761. The van der Waals surface area contributed by atoms with Crippen LogP contribution in [0.1, 0.15) is 2.85 Å². The molecule has 0 spiro atoms. The van der Waals surface area contributed by atoms with Gasteiger partial charge in [0.15, 0.2) is 0 Å². The normalized spacial score (nSPS) is 5.71. The van der Waals surface area contributed by atoms with Gasteiger partial charge < -0.3 is 7.84 Å². The van der Waals surface area contributed by atoms with Crippen LogP contribution in [-0.4, -0.2) is 33.0 Å². The van der Waals surface area contributed by atoms with Crippen LogP contribution in [0.4, 0.5) is 0 Å². The summed E-state index contributed by atoms with van der Waals surface area (Å²) >= 11 is 0. The summed E-state index contributed by atoms with van der Waals surface area (Å²) in [4.78, 5) is 6.42. The summed E-state index contributed by atoms with van der Waals surface area (Å²) in [5.74, 6) is 0. The molecule has 0 saturated heterocycles. The van der Waals surface area contributed by atoms with E-state index in [9.17, 15) is 0 Å². The largest absolute Gasteiger partial charge is 2.00 e. The number of halogens is 1. The van der Waals surface area contributed by atoms with Gasteiger partial charge in [-0.05, 0) is 0 Å². The van der Waals surface area contributed by atoms with Gasteiger partial charge in [-0.25, -0.2) is 4.98 Å². The predicted molar refractivity (Wildman–Crippen MR) is 33.8 cm³/mol. The van der Waals surface area contributed by atoms with Crippen LogP contribution in [0.2, 0.25) is 0 Å². The second-order valence-corrected chi connectivity index (χ2v) is 0.761. The zero-order valence-corrected chi connectivity index (χ0v) is 6.03. The van der Waals surface area contributed by atoms with E-state index >= 15 is 0 Å². The maximum absolute atomic E-state index is 3.67. The first-order valence-corrected chi connectivity index (χ1v) is 1.43. The van der Waals surface area contributed by atoms with Crippen LogP contribution < -0.4 is 0 Å². The first kappa shape index (κ1) is 10.3. The van der Waals surface area contributed by atoms with Crippen molar-refractivity contribution < 1.29 is 2.85 Å². The third-order valence-electron chi connectivity index (χ3n) is 0.406. The average molecular weight is 131 g/mol. The van der Waals surface area contributed by atoms with Gasteiger partial charge in [0.25, 0.3) is 0 Å². The predicted octanol–water partition coefficient (Wildman–Crippen LogP) is 0.676. The number of aromatic nitrogens is 2. The molecule has 0 aliphatic heterocycles. The minimum Gasteiger partial charge on any atom is -1.00 e. The Hall–Kier alpha value is 0.266. The fraction of sp³-hybridized carbons (Fsp3) is 0. The van der Waals surface area contributed by atoms with Gasteiger partial charge in [0.1, 0.15) is 0 Å². The minimum absolute atomic E-state index is 0. The molecule has 0 aliphatic rings. The summed E-state index contributed by atoms with van der Waals surface area (Å²) in [5, 5.41) is 0.